The van der Waals surface area contributed by atoms with Gasteiger partial charge in [0.25, 0.3) is 0 Å². The molecule has 6 aliphatic rings. The number of carbonyl (C=O) groups is 1. The summed E-state index contributed by atoms with van der Waals surface area (Å²) in [5, 5.41) is 19.6. The molecule has 1 aromatic rings. The average molecular weight is 721 g/mol. The van der Waals surface area contributed by atoms with Gasteiger partial charge in [0.2, 0.25) is 0 Å². The Morgan fingerprint density at radius 3 is 2.54 bits per heavy atom. The zero-order valence-corrected chi connectivity index (χ0v) is 33.8. The van der Waals surface area contributed by atoms with Gasteiger partial charge in [0.15, 0.2) is 11.7 Å². The molecule has 12 atom stereocenters. The summed E-state index contributed by atoms with van der Waals surface area (Å²) in [5.74, 6) is 2.17. The molecule has 2 aliphatic heterocycles. The average Bonchev–Trinajstić information content (AvgIpc) is 3.58. The first-order valence-electron chi connectivity index (χ1n) is 20.5. The van der Waals surface area contributed by atoms with Crippen molar-refractivity contribution in [3.63, 3.8) is 0 Å². The van der Waals surface area contributed by atoms with Crippen molar-refractivity contribution in [3.8, 4) is 0 Å². The number of nitrogens with two attached hydrogens (primary N) is 1. The molecule has 0 aromatic carbocycles. The van der Waals surface area contributed by atoms with E-state index >= 15 is 0 Å². The fraction of sp³-hybridized carbons (Fsp3) is 0.857. The summed E-state index contributed by atoms with van der Waals surface area (Å²) in [4.78, 5) is 23.2. The Balaban J connectivity index is 1.34. The van der Waals surface area contributed by atoms with E-state index in [9.17, 15) is 9.90 Å². The van der Waals surface area contributed by atoms with Crippen LogP contribution >= 0.6 is 0 Å². The molecule has 0 amide bonds. The van der Waals surface area contributed by atoms with Gasteiger partial charge < -0.3 is 25.6 Å². The normalized spacial score (nSPS) is 43.3. The predicted molar refractivity (Wildman–Crippen MR) is 204 cm³/mol. The fourth-order valence-electron chi connectivity index (χ4n) is 12.9. The summed E-state index contributed by atoms with van der Waals surface area (Å²) >= 11 is 0. The Morgan fingerprint density at radius 1 is 1.13 bits per heavy atom. The van der Waals surface area contributed by atoms with Crippen LogP contribution in [0.5, 0.6) is 0 Å². The van der Waals surface area contributed by atoms with Gasteiger partial charge in [0.1, 0.15) is 6.33 Å². The second-order valence-corrected chi connectivity index (χ2v) is 20.0. The van der Waals surface area contributed by atoms with E-state index in [-0.39, 0.29) is 45.1 Å². The van der Waals surface area contributed by atoms with E-state index in [0.717, 1.165) is 69.7 Å². The molecule has 1 saturated heterocycles. The van der Waals surface area contributed by atoms with Gasteiger partial charge >= 0.3 is 5.97 Å². The van der Waals surface area contributed by atoms with Crippen LogP contribution in [-0.2, 0) is 14.3 Å². The Hall–Kier alpha value is -2.30. The van der Waals surface area contributed by atoms with Crippen molar-refractivity contribution in [2.75, 3.05) is 32.9 Å². The highest BCUT2D eigenvalue weighted by molar-refractivity contribution is 5.95. The number of rotatable bonds is 9. The third kappa shape index (κ3) is 5.33. The van der Waals surface area contributed by atoms with Crippen LogP contribution in [0.2, 0.25) is 0 Å². The van der Waals surface area contributed by atoms with Crippen molar-refractivity contribution in [2.45, 2.75) is 132 Å². The lowest BCUT2D eigenvalue weighted by molar-refractivity contribution is -0.252. The number of carboxylic acid groups (broad SMARTS) is 1. The first kappa shape index (κ1) is 38.0. The molecular formula is C42H68N6O4. The van der Waals surface area contributed by atoms with Crippen LogP contribution in [0, 0.1) is 62.6 Å². The molecule has 290 valence electrons. The van der Waals surface area contributed by atoms with Gasteiger partial charge in [0, 0.05) is 29.5 Å². The number of nitrogens with one attached hydrogen (secondary N) is 1. The number of aliphatic carboxylic acids is 1. The van der Waals surface area contributed by atoms with Gasteiger partial charge in [-0.25, -0.2) is 9.67 Å². The van der Waals surface area contributed by atoms with Crippen LogP contribution in [0.15, 0.2) is 23.0 Å². The summed E-state index contributed by atoms with van der Waals surface area (Å²) in [7, 11) is 0. The number of hydrogen-bond donors (Lipinski definition) is 3. The van der Waals surface area contributed by atoms with Crippen LogP contribution in [-0.4, -0.2) is 76.2 Å². The topological polar surface area (TPSA) is 137 Å². The number of fused-ring (bicyclic) bond motifs is 3. The first-order chi connectivity index (χ1) is 24.4. The zero-order valence-electron chi connectivity index (χ0n) is 33.8. The standard InChI is InChI=1S/C42H68N6O4/c1-25(2)27(5)37(6)16-17-39(8)28-12-13-31-38(7)21-51-23-42(31,29(28)14-15-40(39,9)32(37)36(49)50)20-30(33(38)52-22-41(10,43)26(3)4)48-35(46-24-47-48)34-44-18-11-19-45-34/h14,24-28,30-33H,11-13,15-23,43H2,1-10H3,(H,44,45)(H,49,50)/t27-,28+,30-,31+,32-,33+,37-,38-,39-,40+,41+,42+/m1/s1. The highest BCUT2D eigenvalue weighted by Crippen LogP contribution is 2.75. The van der Waals surface area contributed by atoms with E-state index in [1.165, 1.54) is 5.57 Å². The highest BCUT2D eigenvalue weighted by atomic mass is 16.5. The Kier molecular flexibility index (Phi) is 9.42. The van der Waals surface area contributed by atoms with Crippen molar-refractivity contribution < 1.29 is 19.4 Å². The molecule has 3 heterocycles. The maximum atomic E-state index is 13.6. The molecule has 4 fully saturated rings. The van der Waals surface area contributed by atoms with Crippen molar-refractivity contribution in [1.29, 1.82) is 0 Å². The number of carboxylic acids is 1. The molecule has 2 bridgehead atoms. The molecular weight excluding hydrogens is 653 g/mol. The van der Waals surface area contributed by atoms with E-state index in [4.69, 9.17) is 30.3 Å². The third-order valence-corrected chi connectivity index (χ3v) is 17.0. The molecule has 1 aromatic heterocycles. The number of hydrogen-bond acceptors (Lipinski definition) is 8. The van der Waals surface area contributed by atoms with E-state index in [2.05, 4.69) is 85.3 Å². The summed E-state index contributed by atoms with van der Waals surface area (Å²) < 4.78 is 16.1. The maximum Gasteiger partial charge on any atom is 0.307 e. The molecule has 7 rings (SSSR count). The fourth-order valence-corrected chi connectivity index (χ4v) is 12.9. The second kappa shape index (κ2) is 12.9. The van der Waals surface area contributed by atoms with Crippen molar-refractivity contribution in [2.24, 2.45) is 73.3 Å². The van der Waals surface area contributed by atoms with Crippen LogP contribution in [0.4, 0.5) is 0 Å². The maximum absolute atomic E-state index is 13.6. The van der Waals surface area contributed by atoms with Gasteiger partial charge in [-0.2, -0.15) is 5.10 Å². The van der Waals surface area contributed by atoms with Crippen LogP contribution in [0.25, 0.3) is 0 Å². The van der Waals surface area contributed by atoms with Crippen molar-refractivity contribution in [1.82, 2.24) is 20.1 Å². The number of allylic oxidation sites excluding steroid dienone is 1. The number of ether oxygens (including phenoxy) is 2. The number of amidine groups is 1. The summed E-state index contributed by atoms with van der Waals surface area (Å²) in [6, 6.07) is -0.105. The van der Waals surface area contributed by atoms with Crippen LogP contribution < -0.4 is 11.1 Å². The van der Waals surface area contributed by atoms with Crippen molar-refractivity contribution in [3.05, 3.63) is 23.8 Å². The lowest BCUT2D eigenvalue weighted by Gasteiger charge is -2.71. The zero-order chi connectivity index (χ0) is 37.6. The minimum Gasteiger partial charge on any atom is -0.481 e. The van der Waals surface area contributed by atoms with Gasteiger partial charge in [-0.15, -0.1) is 0 Å². The second-order valence-electron chi connectivity index (χ2n) is 20.0. The SMILES string of the molecule is CC(C)[C@@H](C)[C@@]1(C)CC[C@]2(C)[C@H]3CC[C@@H]4[C@@]5(COC[C@@]4(C)[C@@H](OC[C@](C)(N)C(C)C)[C@H](n4ncnc4C4=NCCCN4)C5)C3=CC[C@@]2(C)[C@@H]1C(=O)O. The van der Waals surface area contributed by atoms with Crippen molar-refractivity contribution >= 4 is 11.8 Å². The minimum absolute atomic E-state index is 0.105. The van der Waals surface area contributed by atoms with E-state index in [0.29, 0.717) is 43.5 Å². The molecule has 3 saturated carbocycles. The van der Waals surface area contributed by atoms with E-state index in [1.807, 2.05) is 0 Å². The molecule has 4 N–H and O–H groups in total. The van der Waals surface area contributed by atoms with Gasteiger partial charge in [0.05, 0.1) is 37.9 Å². The quantitative estimate of drug-likeness (QED) is 0.234. The smallest absolute Gasteiger partial charge is 0.307 e. The summed E-state index contributed by atoms with van der Waals surface area (Å²) in [5.41, 5.74) is 6.61. The van der Waals surface area contributed by atoms with Gasteiger partial charge in [-0.1, -0.05) is 74.0 Å². The molecule has 10 nitrogen and oxygen atoms in total. The Bertz CT molecular complexity index is 1600. The lowest BCUT2D eigenvalue weighted by Crippen LogP contribution is -2.69. The lowest BCUT2D eigenvalue weighted by atomic mass is 9.34. The van der Waals surface area contributed by atoms with Gasteiger partial charge in [-0.05, 0) is 97.7 Å². The minimum atomic E-state index is -0.621. The monoisotopic (exact) mass is 721 g/mol. The first-order valence-corrected chi connectivity index (χ1v) is 20.5. The Morgan fingerprint density at radius 2 is 1.88 bits per heavy atom. The molecule has 0 spiro atoms. The highest BCUT2D eigenvalue weighted by Gasteiger charge is 2.72. The third-order valence-electron chi connectivity index (χ3n) is 17.0. The van der Waals surface area contributed by atoms with Gasteiger partial charge in [-0.3, -0.25) is 9.79 Å². The molecule has 0 unspecified atom stereocenters. The number of aromatic nitrogens is 3. The van der Waals surface area contributed by atoms with Crippen LogP contribution in [0.1, 0.15) is 126 Å². The molecule has 52 heavy (non-hydrogen) atoms. The number of nitrogens with zero attached hydrogens (tertiary/aromatic N) is 4. The largest absolute Gasteiger partial charge is 0.481 e. The molecule has 0 radical (unpaired) electrons. The molecule has 10 heteroatoms. The predicted octanol–water partition coefficient (Wildman–Crippen LogP) is 6.91. The summed E-state index contributed by atoms with van der Waals surface area (Å²) in [6.07, 6.45) is 10.7. The number of aliphatic imine (C=N–C) groups is 1. The van der Waals surface area contributed by atoms with E-state index < -0.39 is 17.4 Å². The molecule has 4 aliphatic carbocycles. The van der Waals surface area contributed by atoms with E-state index in [1.54, 1.807) is 6.33 Å². The summed E-state index contributed by atoms with van der Waals surface area (Å²) in [6.45, 7) is 26.1. The Labute approximate surface area is 312 Å². The van der Waals surface area contributed by atoms with Crippen LogP contribution in [0.3, 0.4) is 0 Å².